The quantitative estimate of drug-likeness (QED) is 0.885. The SMILES string of the molecule is CCc1c(O)nc(-c2ccc(C)cc2OC)[nH]c1=O. The third-order valence-electron chi connectivity index (χ3n) is 2.96. The fourth-order valence-corrected chi connectivity index (χ4v) is 1.93. The van der Waals surface area contributed by atoms with Gasteiger partial charge < -0.3 is 14.8 Å². The molecule has 100 valence electrons. The number of nitrogens with one attached hydrogen (secondary N) is 1. The van der Waals surface area contributed by atoms with Crippen molar-refractivity contribution >= 4 is 0 Å². The van der Waals surface area contributed by atoms with E-state index in [4.69, 9.17) is 4.74 Å². The van der Waals surface area contributed by atoms with Crippen LogP contribution in [0.5, 0.6) is 11.6 Å². The molecule has 0 saturated heterocycles. The Labute approximate surface area is 110 Å². The molecule has 0 atom stereocenters. The Morgan fingerprint density at radius 2 is 2.16 bits per heavy atom. The van der Waals surface area contributed by atoms with Crippen molar-refractivity contribution in [3.8, 4) is 23.0 Å². The molecule has 0 amide bonds. The number of aromatic nitrogens is 2. The molecule has 1 aromatic carbocycles. The van der Waals surface area contributed by atoms with Crippen LogP contribution in [0.1, 0.15) is 18.1 Å². The molecule has 0 radical (unpaired) electrons. The maximum Gasteiger partial charge on any atom is 0.258 e. The molecule has 0 unspecified atom stereocenters. The van der Waals surface area contributed by atoms with Crippen LogP contribution in [0.15, 0.2) is 23.0 Å². The van der Waals surface area contributed by atoms with Crippen molar-refractivity contribution < 1.29 is 9.84 Å². The first-order valence-electron chi connectivity index (χ1n) is 6.04. The van der Waals surface area contributed by atoms with Crippen LogP contribution in [0, 0.1) is 6.92 Å². The van der Waals surface area contributed by atoms with Gasteiger partial charge in [-0.05, 0) is 31.0 Å². The topological polar surface area (TPSA) is 75.2 Å². The first-order valence-corrected chi connectivity index (χ1v) is 6.04. The Hall–Kier alpha value is -2.30. The molecule has 2 aromatic rings. The summed E-state index contributed by atoms with van der Waals surface area (Å²) in [7, 11) is 1.55. The zero-order valence-electron chi connectivity index (χ0n) is 11.2. The molecular weight excluding hydrogens is 244 g/mol. The van der Waals surface area contributed by atoms with Crippen molar-refractivity contribution in [2.75, 3.05) is 7.11 Å². The Morgan fingerprint density at radius 3 is 2.74 bits per heavy atom. The van der Waals surface area contributed by atoms with E-state index in [1.54, 1.807) is 20.1 Å². The molecule has 0 fully saturated rings. The maximum atomic E-state index is 11.8. The normalized spacial score (nSPS) is 10.5. The number of methoxy groups -OCH3 is 1. The zero-order chi connectivity index (χ0) is 14.0. The number of H-pyrrole nitrogens is 1. The van der Waals surface area contributed by atoms with E-state index in [1.807, 2.05) is 19.1 Å². The highest BCUT2D eigenvalue weighted by molar-refractivity contribution is 5.65. The largest absolute Gasteiger partial charge is 0.496 e. The van der Waals surface area contributed by atoms with Crippen LogP contribution in [0.2, 0.25) is 0 Å². The summed E-state index contributed by atoms with van der Waals surface area (Å²) in [6, 6.07) is 5.54. The molecule has 0 aliphatic rings. The van der Waals surface area contributed by atoms with E-state index in [-0.39, 0.29) is 17.0 Å². The van der Waals surface area contributed by atoms with Crippen molar-refractivity contribution in [3.05, 3.63) is 39.7 Å². The molecule has 0 aliphatic carbocycles. The monoisotopic (exact) mass is 260 g/mol. The smallest absolute Gasteiger partial charge is 0.258 e. The molecule has 1 heterocycles. The average molecular weight is 260 g/mol. The van der Waals surface area contributed by atoms with Crippen LogP contribution < -0.4 is 10.3 Å². The average Bonchev–Trinajstić information content (AvgIpc) is 2.38. The van der Waals surface area contributed by atoms with Gasteiger partial charge in [-0.25, -0.2) is 0 Å². The number of ether oxygens (including phenoxy) is 1. The lowest BCUT2D eigenvalue weighted by molar-refractivity contribution is 0.415. The van der Waals surface area contributed by atoms with Gasteiger partial charge in [0.05, 0.1) is 18.2 Å². The van der Waals surface area contributed by atoms with Gasteiger partial charge in [0, 0.05) is 0 Å². The summed E-state index contributed by atoms with van der Waals surface area (Å²) < 4.78 is 5.27. The van der Waals surface area contributed by atoms with E-state index < -0.39 is 0 Å². The number of aromatic hydroxyl groups is 1. The molecule has 0 bridgehead atoms. The minimum atomic E-state index is -0.326. The first-order chi connectivity index (χ1) is 9.06. The third kappa shape index (κ3) is 2.45. The van der Waals surface area contributed by atoms with Gasteiger partial charge in [0.1, 0.15) is 11.6 Å². The Morgan fingerprint density at radius 1 is 1.42 bits per heavy atom. The lowest BCUT2D eigenvalue weighted by Crippen LogP contribution is -2.14. The highest BCUT2D eigenvalue weighted by atomic mass is 16.5. The van der Waals surface area contributed by atoms with Gasteiger partial charge in [0.15, 0.2) is 0 Å². The van der Waals surface area contributed by atoms with Crippen molar-refractivity contribution in [2.24, 2.45) is 0 Å². The molecule has 2 rings (SSSR count). The number of hydrogen-bond donors (Lipinski definition) is 2. The van der Waals surface area contributed by atoms with E-state index in [0.717, 1.165) is 5.56 Å². The van der Waals surface area contributed by atoms with Gasteiger partial charge >= 0.3 is 0 Å². The number of aryl methyl sites for hydroxylation is 1. The van der Waals surface area contributed by atoms with Crippen molar-refractivity contribution in [1.29, 1.82) is 0 Å². The van der Waals surface area contributed by atoms with E-state index in [1.165, 1.54) is 0 Å². The van der Waals surface area contributed by atoms with Gasteiger partial charge in [0.25, 0.3) is 5.56 Å². The maximum absolute atomic E-state index is 11.8. The zero-order valence-corrected chi connectivity index (χ0v) is 11.2. The third-order valence-corrected chi connectivity index (χ3v) is 2.96. The predicted octanol–water partition coefficient (Wildman–Crippen LogP) is 2.02. The fourth-order valence-electron chi connectivity index (χ4n) is 1.93. The highest BCUT2D eigenvalue weighted by Crippen LogP contribution is 2.28. The van der Waals surface area contributed by atoms with Crippen LogP contribution >= 0.6 is 0 Å². The molecule has 19 heavy (non-hydrogen) atoms. The van der Waals surface area contributed by atoms with Crippen LogP contribution in [-0.4, -0.2) is 22.2 Å². The Bertz CT molecular complexity index is 662. The van der Waals surface area contributed by atoms with Crippen LogP contribution in [0.25, 0.3) is 11.4 Å². The minimum Gasteiger partial charge on any atom is -0.496 e. The molecular formula is C14H16N2O3. The number of benzene rings is 1. The lowest BCUT2D eigenvalue weighted by Gasteiger charge is -2.09. The number of aromatic amines is 1. The van der Waals surface area contributed by atoms with Crippen molar-refractivity contribution in [3.63, 3.8) is 0 Å². The second-order valence-electron chi connectivity index (χ2n) is 4.27. The standard InChI is InChI=1S/C14H16N2O3/c1-4-9-13(17)15-12(16-14(9)18)10-6-5-8(2)7-11(10)19-3/h5-7H,4H2,1-3H3,(H2,15,16,17,18). The summed E-state index contributed by atoms with van der Waals surface area (Å²) >= 11 is 0. The van der Waals surface area contributed by atoms with Crippen molar-refractivity contribution in [1.82, 2.24) is 9.97 Å². The van der Waals surface area contributed by atoms with Gasteiger partial charge in [-0.1, -0.05) is 13.0 Å². The van der Waals surface area contributed by atoms with E-state index in [0.29, 0.717) is 23.6 Å². The van der Waals surface area contributed by atoms with E-state index >= 15 is 0 Å². The summed E-state index contributed by atoms with van der Waals surface area (Å²) in [5.41, 5.74) is 1.64. The van der Waals surface area contributed by atoms with Crippen LogP contribution in [0.3, 0.4) is 0 Å². The number of nitrogens with zero attached hydrogens (tertiary/aromatic N) is 1. The second kappa shape index (κ2) is 5.14. The number of rotatable bonds is 3. The van der Waals surface area contributed by atoms with Crippen molar-refractivity contribution in [2.45, 2.75) is 20.3 Å². The molecule has 5 nitrogen and oxygen atoms in total. The molecule has 0 spiro atoms. The predicted molar refractivity (Wildman–Crippen MR) is 72.6 cm³/mol. The highest BCUT2D eigenvalue weighted by Gasteiger charge is 2.13. The minimum absolute atomic E-state index is 0.233. The summed E-state index contributed by atoms with van der Waals surface area (Å²) in [6.07, 6.45) is 0.430. The van der Waals surface area contributed by atoms with Gasteiger partial charge in [0.2, 0.25) is 5.88 Å². The molecule has 5 heteroatoms. The summed E-state index contributed by atoms with van der Waals surface area (Å²) in [5, 5.41) is 9.78. The van der Waals surface area contributed by atoms with Crippen LogP contribution in [-0.2, 0) is 6.42 Å². The van der Waals surface area contributed by atoms with Gasteiger partial charge in [-0.15, -0.1) is 0 Å². The Balaban J connectivity index is 2.63. The lowest BCUT2D eigenvalue weighted by atomic mass is 10.1. The molecule has 1 aromatic heterocycles. The summed E-state index contributed by atoms with van der Waals surface area (Å²) in [4.78, 5) is 18.5. The molecule has 0 aliphatic heterocycles. The molecule has 0 saturated carbocycles. The fraction of sp³-hybridized carbons (Fsp3) is 0.286. The van der Waals surface area contributed by atoms with Gasteiger partial charge in [-0.2, -0.15) is 4.98 Å². The molecule has 2 N–H and O–H groups in total. The second-order valence-corrected chi connectivity index (χ2v) is 4.27. The van der Waals surface area contributed by atoms with E-state index in [2.05, 4.69) is 9.97 Å². The Kier molecular flexibility index (Phi) is 3.55. The van der Waals surface area contributed by atoms with E-state index in [9.17, 15) is 9.90 Å². The first kappa shape index (κ1) is 13.1. The summed E-state index contributed by atoms with van der Waals surface area (Å²) in [5.74, 6) is 0.673. The summed E-state index contributed by atoms with van der Waals surface area (Å²) in [6.45, 7) is 3.73. The number of hydrogen-bond acceptors (Lipinski definition) is 4. The van der Waals surface area contributed by atoms with Gasteiger partial charge in [-0.3, -0.25) is 4.79 Å². The van der Waals surface area contributed by atoms with Crippen LogP contribution in [0.4, 0.5) is 0 Å².